The number of rotatable bonds is 6. The third-order valence-electron chi connectivity index (χ3n) is 2.39. The van der Waals surface area contributed by atoms with Crippen LogP contribution < -0.4 is 5.73 Å². The van der Waals surface area contributed by atoms with E-state index in [0.29, 0.717) is 0 Å². The Morgan fingerprint density at radius 2 is 2.06 bits per heavy atom. The summed E-state index contributed by atoms with van der Waals surface area (Å²) in [7, 11) is 0. The molecule has 88 valence electrons. The zero-order valence-electron chi connectivity index (χ0n) is 9.30. The third-order valence-corrected chi connectivity index (χ3v) is 3.95. The largest absolute Gasteiger partial charge is 0.480 e. The van der Waals surface area contributed by atoms with Crippen LogP contribution in [0.25, 0.3) is 0 Å². The Morgan fingerprint density at radius 1 is 1.44 bits per heavy atom. The lowest BCUT2D eigenvalue weighted by molar-refractivity contribution is -0.138. The molecule has 0 aliphatic carbocycles. The van der Waals surface area contributed by atoms with Crippen molar-refractivity contribution in [2.45, 2.75) is 30.4 Å². The van der Waals surface area contributed by atoms with Gasteiger partial charge in [-0.1, -0.05) is 37.3 Å². The Bertz CT molecular complexity index is 329. The number of hydrogen-bond donors (Lipinski definition) is 2. The van der Waals surface area contributed by atoms with Gasteiger partial charge in [-0.15, -0.1) is 0 Å². The zero-order chi connectivity index (χ0) is 12.0. The van der Waals surface area contributed by atoms with Crippen molar-refractivity contribution in [3.8, 4) is 0 Å². The molecule has 0 aliphatic heterocycles. The van der Waals surface area contributed by atoms with Crippen molar-refractivity contribution in [1.29, 1.82) is 0 Å². The topological polar surface area (TPSA) is 63.3 Å². The zero-order valence-corrected chi connectivity index (χ0v) is 10.1. The molecule has 0 saturated heterocycles. The predicted molar refractivity (Wildman–Crippen MR) is 67.4 cm³/mol. The van der Waals surface area contributed by atoms with E-state index in [4.69, 9.17) is 10.8 Å². The minimum absolute atomic E-state index is 0.0299. The first-order chi connectivity index (χ1) is 7.65. The van der Waals surface area contributed by atoms with Gasteiger partial charge in [0.1, 0.15) is 6.04 Å². The highest BCUT2D eigenvalue weighted by Crippen LogP contribution is 2.22. The number of carboxylic acid groups (broad SMARTS) is 1. The van der Waals surface area contributed by atoms with Crippen LogP contribution >= 0.6 is 11.8 Å². The maximum atomic E-state index is 10.8. The second kappa shape index (κ2) is 6.55. The van der Waals surface area contributed by atoms with Crippen LogP contribution in [0, 0.1) is 0 Å². The first-order valence-corrected chi connectivity index (χ1v) is 6.34. The van der Waals surface area contributed by atoms with E-state index in [9.17, 15) is 4.79 Å². The van der Waals surface area contributed by atoms with Gasteiger partial charge in [0.15, 0.2) is 0 Å². The number of hydrogen-bond acceptors (Lipinski definition) is 3. The lowest BCUT2D eigenvalue weighted by atomic mass is 10.2. The van der Waals surface area contributed by atoms with E-state index < -0.39 is 12.0 Å². The summed E-state index contributed by atoms with van der Waals surface area (Å²) in [5, 5.41) is 8.81. The van der Waals surface area contributed by atoms with E-state index >= 15 is 0 Å². The molecule has 0 amide bonds. The summed E-state index contributed by atoms with van der Waals surface area (Å²) < 4.78 is 0. The first kappa shape index (κ1) is 13.1. The SMILES string of the molecule is CCC(SCc1ccccc1)C(N)C(=O)O. The number of nitrogens with two attached hydrogens (primary N) is 1. The fraction of sp³-hybridized carbons (Fsp3) is 0.417. The molecule has 0 saturated carbocycles. The summed E-state index contributed by atoms with van der Waals surface area (Å²) in [6, 6.07) is 9.22. The van der Waals surface area contributed by atoms with Gasteiger partial charge in [-0.25, -0.2) is 0 Å². The molecule has 4 heteroatoms. The van der Waals surface area contributed by atoms with Crippen molar-refractivity contribution in [3.05, 3.63) is 35.9 Å². The molecule has 3 N–H and O–H groups in total. The molecule has 1 rings (SSSR count). The Kier molecular flexibility index (Phi) is 5.35. The summed E-state index contributed by atoms with van der Waals surface area (Å²) in [5.41, 5.74) is 6.81. The molecule has 1 aromatic carbocycles. The van der Waals surface area contributed by atoms with Crippen LogP contribution in [0.3, 0.4) is 0 Å². The highest BCUT2D eigenvalue weighted by molar-refractivity contribution is 7.99. The van der Waals surface area contributed by atoms with Gasteiger partial charge >= 0.3 is 5.97 Å². The molecule has 2 atom stereocenters. The lowest BCUT2D eigenvalue weighted by Gasteiger charge is -2.18. The quantitative estimate of drug-likeness (QED) is 0.798. The molecule has 0 aromatic heterocycles. The van der Waals surface area contributed by atoms with E-state index in [2.05, 4.69) is 0 Å². The van der Waals surface area contributed by atoms with Crippen LogP contribution in [-0.2, 0) is 10.5 Å². The van der Waals surface area contributed by atoms with E-state index in [0.717, 1.165) is 12.2 Å². The van der Waals surface area contributed by atoms with Gasteiger partial charge < -0.3 is 10.8 Å². The second-order valence-electron chi connectivity index (χ2n) is 3.61. The van der Waals surface area contributed by atoms with Gasteiger partial charge in [0, 0.05) is 11.0 Å². The van der Waals surface area contributed by atoms with Crippen molar-refractivity contribution in [3.63, 3.8) is 0 Å². The van der Waals surface area contributed by atoms with Crippen molar-refractivity contribution in [2.24, 2.45) is 5.73 Å². The second-order valence-corrected chi connectivity index (χ2v) is 4.83. The normalized spacial score (nSPS) is 14.4. The highest BCUT2D eigenvalue weighted by atomic mass is 32.2. The van der Waals surface area contributed by atoms with Crippen LogP contribution in [-0.4, -0.2) is 22.4 Å². The lowest BCUT2D eigenvalue weighted by Crippen LogP contribution is -2.39. The van der Waals surface area contributed by atoms with Crippen LogP contribution in [0.1, 0.15) is 18.9 Å². The Labute approximate surface area is 100 Å². The Morgan fingerprint density at radius 3 is 2.56 bits per heavy atom. The summed E-state index contributed by atoms with van der Waals surface area (Å²) in [6.45, 7) is 1.96. The molecule has 2 unspecified atom stereocenters. The van der Waals surface area contributed by atoms with E-state index in [1.807, 2.05) is 37.3 Å². The highest BCUT2D eigenvalue weighted by Gasteiger charge is 2.22. The molecule has 0 fully saturated rings. The number of aliphatic carboxylic acids is 1. The maximum absolute atomic E-state index is 10.8. The minimum Gasteiger partial charge on any atom is -0.480 e. The fourth-order valence-corrected chi connectivity index (χ4v) is 2.57. The maximum Gasteiger partial charge on any atom is 0.321 e. The average molecular weight is 239 g/mol. The van der Waals surface area contributed by atoms with Gasteiger partial charge in [0.25, 0.3) is 0 Å². The van der Waals surface area contributed by atoms with Gasteiger partial charge in [0.2, 0.25) is 0 Å². The van der Waals surface area contributed by atoms with E-state index in [-0.39, 0.29) is 5.25 Å². The van der Waals surface area contributed by atoms with Gasteiger partial charge in [-0.2, -0.15) is 11.8 Å². The van der Waals surface area contributed by atoms with Crippen LogP contribution in [0.5, 0.6) is 0 Å². The Balaban J connectivity index is 2.49. The molecule has 0 spiro atoms. The van der Waals surface area contributed by atoms with Crippen molar-refractivity contribution < 1.29 is 9.90 Å². The Hall–Kier alpha value is -1.00. The number of carboxylic acids is 1. The molecule has 0 bridgehead atoms. The van der Waals surface area contributed by atoms with Crippen LogP contribution in [0.4, 0.5) is 0 Å². The fourth-order valence-electron chi connectivity index (χ4n) is 1.41. The van der Waals surface area contributed by atoms with Gasteiger partial charge in [-0.3, -0.25) is 4.79 Å². The molecule has 0 aliphatic rings. The summed E-state index contributed by atoms with van der Waals surface area (Å²) in [4.78, 5) is 10.8. The molecule has 1 aromatic rings. The molecule has 3 nitrogen and oxygen atoms in total. The minimum atomic E-state index is -0.924. The monoisotopic (exact) mass is 239 g/mol. The standard InChI is InChI=1S/C12H17NO2S/c1-2-10(11(13)12(14)15)16-8-9-6-4-3-5-7-9/h3-7,10-11H,2,8,13H2,1H3,(H,14,15). The average Bonchev–Trinajstić information content (AvgIpc) is 2.30. The van der Waals surface area contributed by atoms with Gasteiger partial charge in [0.05, 0.1) is 0 Å². The van der Waals surface area contributed by atoms with Gasteiger partial charge in [-0.05, 0) is 12.0 Å². The first-order valence-electron chi connectivity index (χ1n) is 5.29. The number of benzene rings is 1. The van der Waals surface area contributed by atoms with Crippen LogP contribution in [0.15, 0.2) is 30.3 Å². The summed E-state index contributed by atoms with van der Waals surface area (Å²) >= 11 is 1.61. The number of thioether (sulfide) groups is 1. The molecule has 0 heterocycles. The van der Waals surface area contributed by atoms with Crippen LogP contribution in [0.2, 0.25) is 0 Å². The molecule has 16 heavy (non-hydrogen) atoms. The van der Waals surface area contributed by atoms with E-state index in [1.54, 1.807) is 11.8 Å². The summed E-state index contributed by atoms with van der Waals surface area (Å²) in [6.07, 6.45) is 0.769. The van der Waals surface area contributed by atoms with Crippen molar-refractivity contribution in [2.75, 3.05) is 0 Å². The predicted octanol–water partition coefficient (Wildman–Crippen LogP) is 2.11. The smallest absolute Gasteiger partial charge is 0.321 e. The third kappa shape index (κ3) is 3.87. The summed E-state index contributed by atoms with van der Waals surface area (Å²) in [5.74, 6) is -0.118. The van der Waals surface area contributed by atoms with Crippen molar-refractivity contribution in [1.82, 2.24) is 0 Å². The molecular formula is C12H17NO2S. The van der Waals surface area contributed by atoms with E-state index in [1.165, 1.54) is 5.56 Å². The molecule has 0 radical (unpaired) electrons. The number of carbonyl (C=O) groups is 1. The molecular weight excluding hydrogens is 222 g/mol. The van der Waals surface area contributed by atoms with Crippen molar-refractivity contribution >= 4 is 17.7 Å².